The van der Waals surface area contributed by atoms with Crippen LogP contribution in [0.2, 0.25) is 0 Å². The van der Waals surface area contributed by atoms with E-state index in [0.29, 0.717) is 0 Å². The number of carbonyl (C=O) groups is 2. The van der Waals surface area contributed by atoms with Gasteiger partial charge in [0.25, 0.3) is 0 Å². The molecule has 0 aromatic heterocycles. The molecule has 0 heterocycles. The zero-order valence-corrected chi connectivity index (χ0v) is 10.1. The summed E-state index contributed by atoms with van der Waals surface area (Å²) in [5.41, 5.74) is -0.396. The van der Waals surface area contributed by atoms with Crippen LogP contribution in [0.15, 0.2) is 24.3 Å². The summed E-state index contributed by atoms with van der Waals surface area (Å²) in [6, 6.07) is 4.37. The number of hydrogen-bond donors (Lipinski definition) is 2. The molecule has 0 saturated carbocycles. The largest absolute Gasteiger partial charge is 0.482 e. The van der Waals surface area contributed by atoms with E-state index in [4.69, 9.17) is 5.11 Å². The molecule has 0 aliphatic carbocycles. The van der Waals surface area contributed by atoms with E-state index in [-0.39, 0.29) is 5.75 Å². The van der Waals surface area contributed by atoms with Gasteiger partial charge in [-0.2, -0.15) is 22.0 Å². The number of halogens is 5. The second-order valence-electron chi connectivity index (χ2n) is 3.74. The van der Waals surface area contributed by atoms with Gasteiger partial charge in [-0.15, -0.1) is 0 Å². The third-order valence-corrected chi connectivity index (χ3v) is 2.10. The number of amides is 1. The average molecular weight is 313 g/mol. The molecule has 1 amide bonds. The first-order chi connectivity index (χ1) is 9.54. The van der Waals surface area contributed by atoms with Gasteiger partial charge < -0.3 is 15.2 Å². The Balaban J connectivity index is 2.82. The van der Waals surface area contributed by atoms with Crippen molar-refractivity contribution in [3.05, 3.63) is 24.3 Å². The lowest BCUT2D eigenvalue weighted by Gasteiger charge is -2.18. The maximum absolute atomic E-state index is 12.7. The van der Waals surface area contributed by atoms with E-state index in [9.17, 15) is 31.5 Å². The summed E-state index contributed by atoms with van der Waals surface area (Å²) in [6.07, 6.45) is -6.02. The molecule has 0 unspecified atom stereocenters. The van der Waals surface area contributed by atoms with Gasteiger partial charge in [0.05, 0.1) is 0 Å². The fourth-order valence-corrected chi connectivity index (χ4v) is 1.15. The Bertz CT molecular complexity index is 544. The lowest BCUT2D eigenvalue weighted by molar-refractivity contribution is -0.267. The number of carboxylic acid groups (broad SMARTS) is 1. The van der Waals surface area contributed by atoms with E-state index in [0.717, 1.165) is 12.1 Å². The fourth-order valence-electron chi connectivity index (χ4n) is 1.15. The molecule has 0 radical (unpaired) electrons. The highest BCUT2D eigenvalue weighted by atomic mass is 19.4. The zero-order valence-electron chi connectivity index (χ0n) is 10.1. The first kappa shape index (κ1) is 16.7. The van der Waals surface area contributed by atoms with E-state index < -0.39 is 36.3 Å². The van der Waals surface area contributed by atoms with Gasteiger partial charge in [-0.3, -0.25) is 4.79 Å². The molecule has 21 heavy (non-hydrogen) atoms. The SMILES string of the molecule is O=C(O)COc1cccc(NC(=O)C(F)(F)C(F)(F)F)c1. The van der Waals surface area contributed by atoms with Crippen molar-refractivity contribution >= 4 is 17.6 Å². The third-order valence-electron chi connectivity index (χ3n) is 2.10. The van der Waals surface area contributed by atoms with E-state index >= 15 is 0 Å². The van der Waals surface area contributed by atoms with E-state index in [2.05, 4.69) is 4.74 Å². The Morgan fingerprint density at radius 2 is 1.81 bits per heavy atom. The molecule has 5 nitrogen and oxygen atoms in total. The summed E-state index contributed by atoms with van der Waals surface area (Å²) in [5, 5.41) is 9.75. The van der Waals surface area contributed by atoms with Gasteiger partial charge in [0.1, 0.15) is 5.75 Å². The first-order valence-electron chi connectivity index (χ1n) is 5.24. The summed E-state index contributed by atoms with van der Waals surface area (Å²) in [4.78, 5) is 21.2. The monoisotopic (exact) mass is 313 g/mol. The number of anilines is 1. The molecular formula is C11H8F5NO4. The summed E-state index contributed by atoms with van der Waals surface area (Å²) < 4.78 is 66.0. The number of benzene rings is 1. The Morgan fingerprint density at radius 3 is 2.33 bits per heavy atom. The Hall–Kier alpha value is -2.39. The van der Waals surface area contributed by atoms with Crippen LogP contribution in [0.1, 0.15) is 0 Å². The van der Waals surface area contributed by atoms with E-state index in [1.165, 1.54) is 17.4 Å². The van der Waals surface area contributed by atoms with Crippen molar-refractivity contribution in [1.82, 2.24) is 0 Å². The highest BCUT2D eigenvalue weighted by Crippen LogP contribution is 2.36. The number of nitrogens with one attached hydrogen (secondary N) is 1. The topological polar surface area (TPSA) is 75.6 Å². The number of carbonyl (C=O) groups excluding carboxylic acids is 1. The van der Waals surface area contributed by atoms with Crippen LogP contribution in [0, 0.1) is 0 Å². The van der Waals surface area contributed by atoms with E-state index in [1.54, 1.807) is 0 Å². The zero-order chi connectivity index (χ0) is 16.3. The molecular weight excluding hydrogens is 305 g/mol. The second kappa shape index (κ2) is 5.94. The number of aliphatic carboxylic acids is 1. The van der Waals surface area contributed by atoms with Crippen LogP contribution < -0.4 is 10.1 Å². The molecule has 1 aromatic carbocycles. The van der Waals surface area contributed by atoms with Gasteiger partial charge in [-0.25, -0.2) is 4.79 Å². The van der Waals surface area contributed by atoms with Gasteiger partial charge in [0, 0.05) is 11.8 Å². The molecule has 1 aromatic rings. The normalized spacial score (nSPS) is 11.9. The summed E-state index contributed by atoms with van der Waals surface area (Å²) >= 11 is 0. The van der Waals surface area contributed by atoms with Crippen LogP contribution in [-0.4, -0.2) is 35.7 Å². The molecule has 0 bridgehead atoms. The minimum Gasteiger partial charge on any atom is -0.482 e. The number of hydrogen-bond acceptors (Lipinski definition) is 3. The minimum atomic E-state index is -6.02. The maximum atomic E-state index is 12.7. The van der Waals surface area contributed by atoms with Crippen LogP contribution in [0.3, 0.4) is 0 Å². The Morgan fingerprint density at radius 1 is 1.19 bits per heavy atom. The summed E-state index contributed by atoms with van der Waals surface area (Å²) in [6.45, 7) is -0.740. The standard InChI is InChI=1S/C11H8F5NO4/c12-10(13,11(14,15)16)9(20)17-6-2-1-3-7(4-6)21-5-8(18)19/h1-4H,5H2,(H,17,20)(H,18,19). The molecule has 1 rings (SSSR count). The van der Waals surface area contributed by atoms with Crippen LogP contribution in [-0.2, 0) is 9.59 Å². The fraction of sp³-hybridized carbons (Fsp3) is 0.273. The molecule has 0 saturated heterocycles. The maximum Gasteiger partial charge on any atom is 0.463 e. The van der Waals surface area contributed by atoms with Gasteiger partial charge in [-0.05, 0) is 12.1 Å². The lowest BCUT2D eigenvalue weighted by Crippen LogP contribution is -2.47. The van der Waals surface area contributed by atoms with Crippen LogP contribution in [0.5, 0.6) is 5.75 Å². The molecule has 116 valence electrons. The van der Waals surface area contributed by atoms with Gasteiger partial charge in [0.15, 0.2) is 6.61 Å². The average Bonchev–Trinajstić information content (AvgIpc) is 2.35. The third kappa shape index (κ3) is 4.29. The number of carboxylic acids is 1. The number of rotatable bonds is 5. The molecule has 10 heteroatoms. The van der Waals surface area contributed by atoms with E-state index in [1.807, 2.05) is 0 Å². The van der Waals surface area contributed by atoms with Crippen molar-refractivity contribution in [2.75, 3.05) is 11.9 Å². The van der Waals surface area contributed by atoms with Crippen molar-refractivity contribution in [3.63, 3.8) is 0 Å². The van der Waals surface area contributed by atoms with Gasteiger partial charge in [0.2, 0.25) is 0 Å². The molecule has 0 atom stereocenters. The molecule has 0 aliphatic heterocycles. The predicted octanol–water partition coefficient (Wildman–Crippen LogP) is 2.29. The predicted molar refractivity (Wildman–Crippen MR) is 59.2 cm³/mol. The van der Waals surface area contributed by atoms with Crippen molar-refractivity contribution in [2.24, 2.45) is 0 Å². The molecule has 0 fully saturated rings. The van der Waals surface area contributed by atoms with Crippen LogP contribution in [0.4, 0.5) is 27.6 Å². The smallest absolute Gasteiger partial charge is 0.463 e. The highest BCUT2D eigenvalue weighted by molar-refractivity contribution is 5.96. The second-order valence-corrected chi connectivity index (χ2v) is 3.74. The first-order valence-corrected chi connectivity index (χ1v) is 5.24. The highest BCUT2D eigenvalue weighted by Gasteiger charge is 2.63. The number of alkyl halides is 5. The lowest BCUT2D eigenvalue weighted by atomic mass is 10.2. The molecule has 0 aliphatic rings. The summed E-state index contributed by atoms with van der Waals surface area (Å²) in [7, 11) is 0. The molecule has 2 N–H and O–H groups in total. The van der Waals surface area contributed by atoms with Crippen molar-refractivity contribution in [1.29, 1.82) is 0 Å². The van der Waals surface area contributed by atoms with Crippen LogP contribution in [0.25, 0.3) is 0 Å². The summed E-state index contributed by atoms with van der Waals surface area (Å²) in [5.74, 6) is -9.53. The van der Waals surface area contributed by atoms with Crippen molar-refractivity contribution < 1.29 is 41.4 Å². The van der Waals surface area contributed by atoms with Crippen molar-refractivity contribution in [3.8, 4) is 5.75 Å². The van der Waals surface area contributed by atoms with Gasteiger partial charge in [-0.1, -0.05) is 6.07 Å². The minimum absolute atomic E-state index is 0.120. The number of ether oxygens (including phenoxy) is 1. The quantitative estimate of drug-likeness (QED) is 0.818. The molecule has 0 spiro atoms. The Labute approximate surface area is 114 Å². The van der Waals surface area contributed by atoms with Crippen molar-refractivity contribution in [2.45, 2.75) is 12.1 Å². The van der Waals surface area contributed by atoms with Gasteiger partial charge >= 0.3 is 24.0 Å². The van der Waals surface area contributed by atoms with Crippen LogP contribution >= 0.6 is 0 Å². The Kier molecular flexibility index (Phi) is 4.71.